The second kappa shape index (κ2) is 5.96. The highest BCUT2D eigenvalue weighted by Gasteiger charge is 2.57. The zero-order valence-electron chi connectivity index (χ0n) is 13.6. The van der Waals surface area contributed by atoms with Gasteiger partial charge in [-0.15, -0.1) is 0 Å². The fraction of sp³-hybridized carbons (Fsp3) is 0.722. The molecule has 1 N–H and O–H groups in total. The smallest absolute Gasteiger partial charge is 0.141 e. The first-order valence-corrected chi connectivity index (χ1v) is 8.56. The number of nitrogens with zero attached hydrogens (tertiary/aromatic N) is 1. The molecule has 1 spiro atoms. The number of rotatable bonds is 5. The molecule has 0 radical (unpaired) electrons. The summed E-state index contributed by atoms with van der Waals surface area (Å²) in [6, 6.07) is 4.83. The van der Waals surface area contributed by atoms with Crippen molar-refractivity contribution in [2.45, 2.75) is 71.4 Å². The zero-order chi connectivity index (χ0) is 14.9. The van der Waals surface area contributed by atoms with Gasteiger partial charge in [-0.05, 0) is 44.9 Å². The summed E-state index contributed by atoms with van der Waals surface area (Å²) < 4.78 is 6.44. The molecule has 3 rings (SSSR count). The molecule has 1 aromatic heterocycles. The standard InChI is InChI=1S/C18H28N2O/c1-4-14-15(9-8-13(3)20-14)21-17-12-16(19-5-2)18(17)10-6-7-11-18/h8-9,16-17,19H,4-7,10-12H2,1-3H3. The molecule has 0 amide bonds. The zero-order valence-corrected chi connectivity index (χ0v) is 13.6. The summed E-state index contributed by atoms with van der Waals surface area (Å²) in [5.74, 6) is 1.01. The molecule has 3 nitrogen and oxygen atoms in total. The van der Waals surface area contributed by atoms with Crippen LogP contribution in [-0.4, -0.2) is 23.7 Å². The van der Waals surface area contributed by atoms with Gasteiger partial charge in [-0.2, -0.15) is 0 Å². The molecule has 2 unspecified atom stereocenters. The Labute approximate surface area is 128 Å². The normalized spacial score (nSPS) is 26.8. The third-order valence-electron chi connectivity index (χ3n) is 5.45. The Balaban J connectivity index is 1.76. The summed E-state index contributed by atoms with van der Waals surface area (Å²) in [4.78, 5) is 4.63. The lowest BCUT2D eigenvalue weighted by molar-refractivity contribution is -0.0761. The molecule has 2 aliphatic rings. The fourth-order valence-electron chi connectivity index (χ4n) is 4.26. The maximum absolute atomic E-state index is 6.44. The van der Waals surface area contributed by atoms with Crippen LogP contribution in [0.1, 0.15) is 57.3 Å². The lowest BCUT2D eigenvalue weighted by Gasteiger charge is -2.54. The van der Waals surface area contributed by atoms with Gasteiger partial charge in [0.15, 0.2) is 0 Å². The molecule has 0 saturated heterocycles. The summed E-state index contributed by atoms with van der Waals surface area (Å²) in [7, 11) is 0. The first kappa shape index (κ1) is 14.8. The van der Waals surface area contributed by atoms with Crippen molar-refractivity contribution in [3.05, 3.63) is 23.5 Å². The molecule has 2 fully saturated rings. The number of hydrogen-bond donors (Lipinski definition) is 1. The van der Waals surface area contributed by atoms with Crippen LogP contribution in [0.4, 0.5) is 0 Å². The van der Waals surface area contributed by atoms with Gasteiger partial charge in [-0.3, -0.25) is 4.98 Å². The molecule has 2 atom stereocenters. The van der Waals surface area contributed by atoms with Gasteiger partial charge in [0.05, 0.1) is 5.69 Å². The SMILES string of the molecule is CCNC1CC(Oc2ccc(C)nc2CC)C12CCCC2. The molecule has 0 aliphatic heterocycles. The van der Waals surface area contributed by atoms with E-state index in [4.69, 9.17) is 4.74 Å². The molecule has 2 aliphatic carbocycles. The quantitative estimate of drug-likeness (QED) is 0.898. The molecule has 1 aromatic rings. The second-order valence-electron chi connectivity index (χ2n) is 6.64. The van der Waals surface area contributed by atoms with Crippen molar-refractivity contribution in [3.63, 3.8) is 0 Å². The summed E-state index contributed by atoms with van der Waals surface area (Å²) >= 11 is 0. The minimum Gasteiger partial charge on any atom is -0.488 e. The maximum atomic E-state index is 6.44. The van der Waals surface area contributed by atoms with Gasteiger partial charge in [0, 0.05) is 23.6 Å². The molecular weight excluding hydrogens is 260 g/mol. The monoisotopic (exact) mass is 288 g/mol. The van der Waals surface area contributed by atoms with Crippen LogP contribution in [-0.2, 0) is 6.42 Å². The Morgan fingerprint density at radius 3 is 2.71 bits per heavy atom. The van der Waals surface area contributed by atoms with Gasteiger partial charge in [-0.25, -0.2) is 0 Å². The average molecular weight is 288 g/mol. The van der Waals surface area contributed by atoms with Crippen LogP contribution in [0.3, 0.4) is 0 Å². The Morgan fingerprint density at radius 1 is 1.29 bits per heavy atom. The molecule has 0 aromatic carbocycles. The third-order valence-corrected chi connectivity index (χ3v) is 5.45. The molecule has 2 saturated carbocycles. The number of hydrogen-bond acceptors (Lipinski definition) is 3. The van der Waals surface area contributed by atoms with E-state index in [-0.39, 0.29) is 0 Å². The van der Waals surface area contributed by atoms with E-state index in [0.717, 1.165) is 36.5 Å². The molecular formula is C18H28N2O. The molecule has 21 heavy (non-hydrogen) atoms. The third kappa shape index (κ3) is 2.57. The van der Waals surface area contributed by atoms with E-state index in [2.05, 4.69) is 36.3 Å². The van der Waals surface area contributed by atoms with Gasteiger partial charge in [-0.1, -0.05) is 26.7 Å². The Bertz CT molecular complexity index is 494. The number of aromatic nitrogens is 1. The van der Waals surface area contributed by atoms with E-state index in [1.807, 2.05) is 6.92 Å². The largest absolute Gasteiger partial charge is 0.488 e. The number of aryl methyl sites for hydroxylation is 2. The Hall–Kier alpha value is -1.09. The van der Waals surface area contributed by atoms with Gasteiger partial charge < -0.3 is 10.1 Å². The van der Waals surface area contributed by atoms with Crippen molar-refractivity contribution >= 4 is 0 Å². The number of ether oxygens (including phenoxy) is 1. The minimum atomic E-state index is 0.374. The van der Waals surface area contributed by atoms with Gasteiger partial charge in [0.25, 0.3) is 0 Å². The van der Waals surface area contributed by atoms with Crippen molar-refractivity contribution in [2.75, 3.05) is 6.54 Å². The Morgan fingerprint density at radius 2 is 2.05 bits per heavy atom. The summed E-state index contributed by atoms with van der Waals surface area (Å²) in [6.07, 6.45) is 7.80. The van der Waals surface area contributed by atoms with Gasteiger partial charge in [0.1, 0.15) is 11.9 Å². The highest BCUT2D eigenvalue weighted by Crippen LogP contribution is 2.54. The summed E-state index contributed by atoms with van der Waals surface area (Å²) in [5.41, 5.74) is 2.57. The highest BCUT2D eigenvalue weighted by atomic mass is 16.5. The number of pyridine rings is 1. The maximum Gasteiger partial charge on any atom is 0.141 e. The van der Waals surface area contributed by atoms with Crippen LogP contribution >= 0.6 is 0 Å². The predicted molar refractivity (Wildman–Crippen MR) is 85.8 cm³/mol. The first-order valence-electron chi connectivity index (χ1n) is 8.56. The minimum absolute atomic E-state index is 0.374. The van der Waals surface area contributed by atoms with Crippen molar-refractivity contribution in [1.82, 2.24) is 10.3 Å². The lowest BCUT2D eigenvalue weighted by atomic mass is 9.60. The van der Waals surface area contributed by atoms with Crippen LogP contribution in [0.15, 0.2) is 12.1 Å². The highest BCUT2D eigenvalue weighted by molar-refractivity contribution is 5.30. The molecule has 3 heteroatoms. The summed E-state index contributed by atoms with van der Waals surface area (Å²) in [5, 5.41) is 3.67. The van der Waals surface area contributed by atoms with Crippen LogP contribution in [0.25, 0.3) is 0 Å². The second-order valence-corrected chi connectivity index (χ2v) is 6.64. The van der Waals surface area contributed by atoms with E-state index in [9.17, 15) is 0 Å². The van der Waals surface area contributed by atoms with E-state index in [1.54, 1.807) is 0 Å². The van der Waals surface area contributed by atoms with Crippen molar-refractivity contribution in [3.8, 4) is 5.75 Å². The van der Waals surface area contributed by atoms with Crippen LogP contribution in [0.5, 0.6) is 5.75 Å². The first-order chi connectivity index (χ1) is 10.2. The van der Waals surface area contributed by atoms with Crippen LogP contribution in [0, 0.1) is 12.3 Å². The van der Waals surface area contributed by atoms with Crippen LogP contribution in [0.2, 0.25) is 0 Å². The molecule has 116 valence electrons. The van der Waals surface area contributed by atoms with Gasteiger partial charge in [0.2, 0.25) is 0 Å². The molecule has 1 heterocycles. The van der Waals surface area contributed by atoms with E-state index in [0.29, 0.717) is 17.6 Å². The van der Waals surface area contributed by atoms with E-state index >= 15 is 0 Å². The molecule has 0 bridgehead atoms. The summed E-state index contributed by atoms with van der Waals surface area (Å²) in [6.45, 7) is 7.47. The van der Waals surface area contributed by atoms with Gasteiger partial charge >= 0.3 is 0 Å². The van der Waals surface area contributed by atoms with E-state index < -0.39 is 0 Å². The fourth-order valence-corrected chi connectivity index (χ4v) is 4.26. The topological polar surface area (TPSA) is 34.1 Å². The number of nitrogens with one attached hydrogen (secondary N) is 1. The van der Waals surface area contributed by atoms with E-state index in [1.165, 1.54) is 25.7 Å². The van der Waals surface area contributed by atoms with Crippen molar-refractivity contribution in [2.24, 2.45) is 5.41 Å². The van der Waals surface area contributed by atoms with Crippen LogP contribution < -0.4 is 10.1 Å². The van der Waals surface area contributed by atoms with Crippen molar-refractivity contribution in [1.29, 1.82) is 0 Å². The average Bonchev–Trinajstić information content (AvgIpc) is 3.00. The lowest BCUT2D eigenvalue weighted by Crippen LogP contribution is -2.63. The van der Waals surface area contributed by atoms with Crippen molar-refractivity contribution < 1.29 is 4.74 Å². The Kier molecular flexibility index (Phi) is 4.21. The predicted octanol–water partition coefficient (Wildman–Crippen LogP) is 3.64.